The van der Waals surface area contributed by atoms with Crippen LogP contribution in [0.15, 0.2) is 18.2 Å². The van der Waals surface area contributed by atoms with Gasteiger partial charge in [0, 0.05) is 13.5 Å². The van der Waals surface area contributed by atoms with Crippen molar-refractivity contribution in [2.75, 3.05) is 7.11 Å². The van der Waals surface area contributed by atoms with E-state index in [-0.39, 0.29) is 22.6 Å². The van der Waals surface area contributed by atoms with Crippen LogP contribution in [0.1, 0.15) is 26.3 Å². The van der Waals surface area contributed by atoms with E-state index >= 15 is 0 Å². The predicted octanol–water partition coefficient (Wildman–Crippen LogP) is 3.65. The Hall–Kier alpha value is -0.930. The van der Waals surface area contributed by atoms with E-state index in [0.717, 1.165) is 0 Å². The van der Waals surface area contributed by atoms with Crippen LogP contribution in [0.3, 0.4) is 0 Å². The van der Waals surface area contributed by atoms with Crippen molar-refractivity contribution in [3.05, 3.63) is 34.6 Å². The minimum Gasteiger partial charge on any atom is -0.373 e. The zero-order chi connectivity index (χ0) is 13.9. The molecule has 0 saturated heterocycles. The molecule has 0 bridgehead atoms. The van der Waals surface area contributed by atoms with E-state index in [4.69, 9.17) is 16.3 Å². The Morgan fingerprint density at radius 1 is 1.44 bits per heavy atom. The Bertz CT molecular complexity index is 438. The molecule has 0 aliphatic heterocycles. The van der Waals surface area contributed by atoms with Crippen LogP contribution in [0.25, 0.3) is 0 Å². The maximum Gasteiger partial charge on any atom is 0.166 e. The van der Waals surface area contributed by atoms with Crippen LogP contribution in [0.4, 0.5) is 4.39 Å². The summed E-state index contributed by atoms with van der Waals surface area (Å²) in [4.78, 5) is 12.1. The molecule has 1 aromatic rings. The second-order valence-corrected chi connectivity index (χ2v) is 5.72. The van der Waals surface area contributed by atoms with E-state index in [1.165, 1.54) is 13.2 Å². The Morgan fingerprint density at radius 3 is 2.56 bits per heavy atom. The molecule has 1 unspecified atom stereocenters. The zero-order valence-electron chi connectivity index (χ0n) is 11.1. The standard InChI is InChI=1S/C14H18ClFO2/c1-14(2,3)13(18-4)11(17)8-9-6-5-7-10(16)12(9)15/h5-7,13H,8H2,1-4H3. The molecule has 0 fully saturated rings. The van der Waals surface area contributed by atoms with Gasteiger partial charge in [0.05, 0.1) is 5.02 Å². The Morgan fingerprint density at radius 2 is 2.06 bits per heavy atom. The number of rotatable bonds is 4. The molecule has 0 amide bonds. The highest BCUT2D eigenvalue weighted by atomic mass is 35.5. The lowest BCUT2D eigenvalue weighted by atomic mass is 9.84. The molecule has 18 heavy (non-hydrogen) atoms. The van der Waals surface area contributed by atoms with Gasteiger partial charge in [-0.3, -0.25) is 4.79 Å². The predicted molar refractivity (Wildman–Crippen MR) is 70.4 cm³/mol. The Kier molecular flexibility index (Phi) is 4.88. The minimum atomic E-state index is -0.531. The fourth-order valence-electron chi connectivity index (χ4n) is 1.93. The molecule has 1 rings (SSSR count). The van der Waals surface area contributed by atoms with Gasteiger partial charge in [0.25, 0.3) is 0 Å². The van der Waals surface area contributed by atoms with Gasteiger partial charge in [-0.2, -0.15) is 0 Å². The maximum absolute atomic E-state index is 13.3. The topological polar surface area (TPSA) is 26.3 Å². The number of benzene rings is 1. The van der Waals surface area contributed by atoms with Crippen LogP contribution in [0.5, 0.6) is 0 Å². The van der Waals surface area contributed by atoms with Crippen molar-refractivity contribution in [2.45, 2.75) is 33.3 Å². The first-order valence-corrected chi connectivity index (χ1v) is 6.13. The van der Waals surface area contributed by atoms with Crippen molar-refractivity contribution in [1.29, 1.82) is 0 Å². The van der Waals surface area contributed by atoms with E-state index < -0.39 is 11.9 Å². The number of hydrogen-bond donors (Lipinski definition) is 0. The van der Waals surface area contributed by atoms with Crippen molar-refractivity contribution in [1.82, 2.24) is 0 Å². The fourth-order valence-corrected chi connectivity index (χ4v) is 2.13. The van der Waals surface area contributed by atoms with Crippen LogP contribution >= 0.6 is 11.6 Å². The normalized spacial score (nSPS) is 13.4. The van der Waals surface area contributed by atoms with Gasteiger partial charge in [-0.05, 0) is 17.0 Å². The largest absolute Gasteiger partial charge is 0.373 e. The number of Topliss-reactive ketones (excluding diaryl/α,β-unsaturated/α-hetero) is 1. The number of carbonyl (C=O) groups excluding carboxylic acids is 1. The molecule has 0 aromatic heterocycles. The van der Waals surface area contributed by atoms with Crippen LogP contribution in [-0.2, 0) is 16.0 Å². The van der Waals surface area contributed by atoms with Crippen molar-refractivity contribution >= 4 is 17.4 Å². The third-order valence-corrected chi connectivity index (χ3v) is 3.13. The van der Waals surface area contributed by atoms with Crippen molar-refractivity contribution in [3.63, 3.8) is 0 Å². The summed E-state index contributed by atoms with van der Waals surface area (Å²) in [6.07, 6.45) is -0.455. The lowest BCUT2D eigenvalue weighted by Gasteiger charge is -2.28. The molecule has 0 N–H and O–H groups in total. The van der Waals surface area contributed by atoms with Gasteiger partial charge in [0.15, 0.2) is 5.78 Å². The van der Waals surface area contributed by atoms with Gasteiger partial charge in [0.1, 0.15) is 11.9 Å². The summed E-state index contributed by atoms with van der Waals surface area (Å²) in [6, 6.07) is 4.47. The number of methoxy groups -OCH3 is 1. The SMILES string of the molecule is COC(C(=O)Cc1cccc(F)c1Cl)C(C)(C)C. The second-order valence-electron chi connectivity index (χ2n) is 5.34. The van der Waals surface area contributed by atoms with Crippen LogP contribution in [0.2, 0.25) is 5.02 Å². The Balaban J connectivity index is 2.90. The summed E-state index contributed by atoms with van der Waals surface area (Å²) >= 11 is 5.83. The van der Waals surface area contributed by atoms with Crippen molar-refractivity contribution < 1.29 is 13.9 Å². The minimum absolute atomic E-state index is 0.00890. The molecular formula is C14H18ClFO2. The molecule has 0 aliphatic rings. The van der Waals surface area contributed by atoms with E-state index in [9.17, 15) is 9.18 Å². The molecule has 0 aliphatic carbocycles. The first kappa shape index (κ1) is 15.1. The molecule has 0 radical (unpaired) electrons. The molecular weight excluding hydrogens is 255 g/mol. The van der Waals surface area contributed by atoms with Gasteiger partial charge in [-0.1, -0.05) is 44.5 Å². The van der Waals surface area contributed by atoms with Gasteiger partial charge >= 0.3 is 0 Å². The first-order valence-electron chi connectivity index (χ1n) is 5.75. The average Bonchev–Trinajstić information content (AvgIpc) is 2.23. The number of halogens is 2. The highest BCUT2D eigenvalue weighted by molar-refractivity contribution is 6.31. The monoisotopic (exact) mass is 272 g/mol. The third-order valence-electron chi connectivity index (χ3n) is 2.71. The van der Waals surface area contributed by atoms with Crippen LogP contribution < -0.4 is 0 Å². The second kappa shape index (κ2) is 5.81. The molecule has 4 heteroatoms. The number of ether oxygens (including phenoxy) is 1. The average molecular weight is 273 g/mol. The third kappa shape index (κ3) is 3.53. The maximum atomic E-state index is 13.3. The van der Waals surface area contributed by atoms with Crippen molar-refractivity contribution in [3.8, 4) is 0 Å². The summed E-state index contributed by atoms with van der Waals surface area (Å²) in [5.41, 5.74) is 0.194. The van der Waals surface area contributed by atoms with Gasteiger partial charge in [0.2, 0.25) is 0 Å². The molecule has 100 valence electrons. The summed E-state index contributed by atoms with van der Waals surface area (Å²) in [5, 5.41) is 0.00890. The molecule has 1 aromatic carbocycles. The summed E-state index contributed by atoms with van der Waals surface area (Å²) < 4.78 is 18.5. The quantitative estimate of drug-likeness (QED) is 0.836. The van der Waals surface area contributed by atoms with E-state index in [2.05, 4.69) is 0 Å². The van der Waals surface area contributed by atoms with Crippen molar-refractivity contribution in [2.24, 2.45) is 5.41 Å². The molecule has 2 nitrogen and oxygen atoms in total. The number of carbonyl (C=O) groups is 1. The van der Waals surface area contributed by atoms with Crippen LogP contribution in [0, 0.1) is 11.2 Å². The molecule has 0 saturated carbocycles. The highest BCUT2D eigenvalue weighted by Gasteiger charge is 2.31. The Labute approximate surface area is 112 Å². The van der Waals surface area contributed by atoms with Gasteiger partial charge in [-0.25, -0.2) is 4.39 Å². The smallest absolute Gasteiger partial charge is 0.166 e. The lowest BCUT2D eigenvalue weighted by molar-refractivity contribution is -0.134. The highest BCUT2D eigenvalue weighted by Crippen LogP contribution is 2.26. The molecule has 0 heterocycles. The summed E-state index contributed by atoms with van der Waals surface area (Å²) in [6.45, 7) is 5.77. The number of ketones is 1. The van der Waals surface area contributed by atoms with Crippen LogP contribution in [-0.4, -0.2) is 19.0 Å². The summed E-state index contributed by atoms with van der Waals surface area (Å²) in [7, 11) is 1.50. The molecule has 1 atom stereocenters. The summed E-state index contributed by atoms with van der Waals surface area (Å²) in [5.74, 6) is -0.607. The first-order chi connectivity index (χ1) is 8.27. The number of hydrogen-bond acceptors (Lipinski definition) is 2. The lowest BCUT2D eigenvalue weighted by Crippen LogP contribution is -2.37. The van der Waals surface area contributed by atoms with E-state index in [0.29, 0.717) is 5.56 Å². The van der Waals surface area contributed by atoms with E-state index in [1.807, 2.05) is 20.8 Å². The zero-order valence-corrected chi connectivity index (χ0v) is 11.8. The van der Waals surface area contributed by atoms with E-state index in [1.54, 1.807) is 12.1 Å². The molecule has 0 spiro atoms. The van der Waals surface area contributed by atoms with Gasteiger partial charge < -0.3 is 4.74 Å². The van der Waals surface area contributed by atoms with Gasteiger partial charge in [-0.15, -0.1) is 0 Å². The fraction of sp³-hybridized carbons (Fsp3) is 0.500.